The van der Waals surface area contributed by atoms with Gasteiger partial charge in [-0.25, -0.2) is 9.97 Å². The maximum absolute atomic E-state index is 5.45. The summed E-state index contributed by atoms with van der Waals surface area (Å²) in [5.41, 5.74) is 14.6. The molecule has 13 rings (SSSR count). The van der Waals surface area contributed by atoms with E-state index in [0.29, 0.717) is 5.82 Å². The van der Waals surface area contributed by atoms with Gasteiger partial charge in [0, 0.05) is 60.7 Å². The summed E-state index contributed by atoms with van der Waals surface area (Å²) in [6, 6.07) is 86.8. The Morgan fingerprint density at radius 1 is 0.358 bits per heavy atom. The quantitative estimate of drug-likeness (QED) is 0.153. The van der Waals surface area contributed by atoms with E-state index >= 15 is 0 Å². The standard InChI is InChI=1S/C62H41N5/c1-4-21-43(22-5-1)60-59(41-63-62(64-60)44-23-6-2-7-24-44)66(55-37-18-25-42-20-10-11-28-49(42)55)48-39-45(38-47(40-48)65-56-34-15-12-29-51(56)52-30-13-16-35-57(52)65)50-32-19-33-54-53-31-14-17-36-58(53)67(61(50)54)46-26-8-3-9-27-46/h1-41H. The summed E-state index contributed by atoms with van der Waals surface area (Å²) in [7, 11) is 0. The monoisotopic (exact) mass is 855 g/mol. The molecule has 3 aromatic heterocycles. The third-order valence-corrected chi connectivity index (χ3v) is 13.1. The van der Waals surface area contributed by atoms with Gasteiger partial charge in [-0.1, -0.05) is 188 Å². The summed E-state index contributed by atoms with van der Waals surface area (Å²) in [6.45, 7) is 0. The van der Waals surface area contributed by atoms with Crippen LogP contribution >= 0.6 is 0 Å². The van der Waals surface area contributed by atoms with E-state index in [0.717, 1.165) is 89.2 Å². The summed E-state index contributed by atoms with van der Waals surface area (Å²) in [5.74, 6) is 0.668. The van der Waals surface area contributed by atoms with Crippen molar-refractivity contribution in [3.63, 3.8) is 0 Å². The van der Waals surface area contributed by atoms with E-state index in [9.17, 15) is 0 Å². The Bertz CT molecular complexity index is 3920. The molecule has 0 radical (unpaired) electrons. The molecule has 0 spiro atoms. The number of hydrogen-bond donors (Lipinski definition) is 0. The van der Waals surface area contributed by atoms with Gasteiger partial charge >= 0.3 is 0 Å². The zero-order valence-corrected chi connectivity index (χ0v) is 36.4. The SMILES string of the molecule is c1ccc(-c2ncc(N(c3cc(-c4cccc5c6ccccc6n(-c6ccccc6)c45)cc(-n4c5ccccc5c5ccccc54)c3)c3cccc4ccccc34)c(-c3ccccc3)n2)cc1. The van der Waals surface area contributed by atoms with Crippen LogP contribution in [0.15, 0.2) is 249 Å². The first-order valence-electron chi connectivity index (χ1n) is 22.7. The Morgan fingerprint density at radius 3 is 1.60 bits per heavy atom. The van der Waals surface area contributed by atoms with Crippen molar-refractivity contribution in [2.75, 3.05) is 4.90 Å². The van der Waals surface area contributed by atoms with Gasteiger partial charge < -0.3 is 14.0 Å². The average molecular weight is 856 g/mol. The Balaban J connectivity index is 1.17. The molecule has 0 unspecified atom stereocenters. The van der Waals surface area contributed by atoms with Crippen LogP contribution in [0.2, 0.25) is 0 Å². The van der Waals surface area contributed by atoms with Crippen LogP contribution in [0.1, 0.15) is 0 Å². The molecule has 3 heterocycles. The Morgan fingerprint density at radius 2 is 0.896 bits per heavy atom. The summed E-state index contributed by atoms with van der Waals surface area (Å²) in [4.78, 5) is 13.0. The second kappa shape index (κ2) is 15.9. The fourth-order valence-electron chi connectivity index (χ4n) is 10.2. The molecule has 0 aliphatic carbocycles. The van der Waals surface area contributed by atoms with E-state index in [-0.39, 0.29) is 0 Å². The first-order valence-corrected chi connectivity index (χ1v) is 22.7. The number of rotatable bonds is 8. The third kappa shape index (κ3) is 6.39. The molecule has 0 bridgehead atoms. The minimum Gasteiger partial charge on any atom is -0.309 e. The predicted molar refractivity (Wildman–Crippen MR) is 279 cm³/mol. The summed E-state index contributed by atoms with van der Waals surface area (Å²) in [6.07, 6.45) is 2.01. The van der Waals surface area contributed by atoms with Gasteiger partial charge in [-0.15, -0.1) is 0 Å². The molecule has 0 aliphatic rings. The number of fused-ring (bicyclic) bond motifs is 7. The molecule has 314 valence electrons. The van der Waals surface area contributed by atoms with E-state index in [1.54, 1.807) is 0 Å². The van der Waals surface area contributed by atoms with Gasteiger partial charge in [0.2, 0.25) is 0 Å². The summed E-state index contributed by atoms with van der Waals surface area (Å²) in [5, 5.41) is 7.08. The molecular weight excluding hydrogens is 815 g/mol. The van der Waals surface area contributed by atoms with Crippen LogP contribution in [-0.4, -0.2) is 19.1 Å². The van der Waals surface area contributed by atoms with Crippen LogP contribution in [0.25, 0.3) is 99.5 Å². The van der Waals surface area contributed by atoms with Crippen molar-refractivity contribution in [2.45, 2.75) is 0 Å². The summed E-state index contributed by atoms with van der Waals surface area (Å²) < 4.78 is 4.86. The lowest BCUT2D eigenvalue weighted by Crippen LogP contribution is -2.14. The second-order valence-corrected chi connectivity index (χ2v) is 17.0. The van der Waals surface area contributed by atoms with Crippen LogP contribution in [0.3, 0.4) is 0 Å². The van der Waals surface area contributed by atoms with Gasteiger partial charge in [-0.05, 0) is 65.5 Å². The molecule has 0 fully saturated rings. The highest BCUT2D eigenvalue weighted by Crippen LogP contribution is 2.47. The van der Waals surface area contributed by atoms with Crippen LogP contribution < -0.4 is 4.90 Å². The Labute approximate surface area is 387 Å². The van der Waals surface area contributed by atoms with Gasteiger partial charge in [-0.3, -0.25) is 0 Å². The van der Waals surface area contributed by atoms with E-state index in [2.05, 4.69) is 238 Å². The van der Waals surface area contributed by atoms with Crippen molar-refractivity contribution in [3.8, 4) is 45.1 Å². The molecular formula is C62H41N5. The third-order valence-electron chi connectivity index (χ3n) is 13.1. The van der Waals surface area contributed by atoms with Gasteiger partial charge in [0.15, 0.2) is 5.82 Å². The molecule has 13 aromatic rings. The Hall–Kier alpha value is -9.06. The lowest BCUT2D eigenvalue weighted by Gasteiger charge is -2.29. The summed E-state index contributed by atoms with van der Waals surface area (Å²) >= 11 is 0. The number of benzene rings is 10. The average Bonchev–Trinajstić information content (AvgIpc) is 3.93. The fraction of sp³-hybridized carbons (Fsp3) is 0. The van der Waals surface area contributed by atoms with E-state index in [1.165, 1.54) is 21.5 Å². The molecule has 0 saturated heterocycles. The largest absolute Gasteiger partial charge is 0.309 e. The minimum atomic E-state index is 0.668. The fourth-order valence-corrected chi connectivity index (χ4v) is 10.2. The van der Waals surface area contributed by atoms with Crippen molar-refractivity contribution in [2.24, 2.45) is 0 Å². The maximum atomic E-state index is 5.45. The second-order valence-electron chi connectivity index (χ2n) is 17.0. The Kier molecular flexibility index (Phi) is 9.10. The van der Waals surface area contributed by atoms with E-state index < -0.39 is 0 Å². The van der Waals surface area contributed by atoms with E-state index in [4.69, 9.17) is 9.97 Å². The van der Waals surface area contributed by atoms with Crippen molar-refractivity contribution in [1.82, 2.24) is 19.1 Å². The molecule has 0 amide bonds. The smallest absolute Gasteiger partial charge is 0.159 e. The first-order chi connectivity index (χ1) is 33.3. The molecule has 10 aromatic carbocycles. The number of nitrogens with zero attached hydrogens (tertiary/aromatic N) is 5. The predicted octanol–water partition coefficient (Wildman–Crippen LogP) is 16.3. The number of aromatic nitrogens is 4. The highest BCUT2D eigenvalue weighted by Gasteiger charge is 2.25. The highest BCUT2D eigenvalue weighted by molar-refractivity contribution is 6.14. The molecule has 5 heteroatoms. The zero-order chi connectivity index (χ0) is 44.3. The van der Waals surface area contributed by atoms with Crippen molar-refractivity contribution < 1.29 is 0 Å². The van der Waals surface area contributed by atoms with Crippen LogP contribution in [-0.2, 0) is 0 Å². The molecule has 0 atom stereocenters. The van der Waals surface area contributed by atoms with Gasteiger partial charge in [0.1, 0.15) is 0 Å². The van der Waals surface area contributed by atoms with Gasteiger partial charge in [-0.2, -0.15) is 0 Å². The number of para-hydroxylation sites is 5. The normalized spacial score (nSPS) is 11.6. The van der Waals surface area contributed by atoms with Crippen LogP contribution in [0, 0.1) is 0 Å². The lowest BCUT2D eigenvalue weighted by atomic mass is 9.99. The molecule has 0 saturated carbocycles. The maximum Gasteiger partial charge on any atom is 0.159 e. The van der Waals surface area contributed by atoms with Crippen molar-refractivity contribution >= 4 is 71.4 Å². The molecule has 0 aliphatic heterocycles. The van der Waals surface area contributed by atoms with Crippen LogP contribution in [0.4, 0.5) is 17.1 Å². The molecule has 67 heavy (non-hydrogen) atoms. The zero-order valence-electron chi connectivity index (χ0n) is 36.4. The molecule has 0 N–H and O–H groups in total. The highest BCUT2D eigenvalue weighted by atomic mass is 15.2. The van der Waals surface area contributed by atoms with Crippen LogP contribution in [0.5, 0.6) is 0 Å². The first kappa shape index (κ1) is 38.4. The lowest BCUT2D eigenvalue weighted by molar-refractivity contribution is 1.14. The van der Waals surface area contributed by atoms with E-state index in [1.807, 2.05) is 24.4 Å². The van der Waals surface area contributed by atoms with Crippen molar-refractivity contribution in [3.05, 3.63) is 249 Å². The number of hydrogen-bond acceptors (Lipinski definition) is 3. The minimum absolute atomic E-state index is 0.668. The molecule has 5 nitrogen and oxygen atoms in total. The van der Waals surface area contributed by atoms with Gasteiger partial charge in [0.25, 0.3) is 0 Å². The number of anilines is 3. The van der Waals surface area contributed by atoms with Crippen molar-refractivity contribution in [1.29, 1.82) is 0 Å². The van der Waals surface area contributed by atoms with Gasteiger partial charge in [0.05, 0.1) is 45.3 Å². The topological polar surface area (TPSA) is 38.9 Å².